The van der Waals surface area contributed by atoms with Crippen LogP contribution in [0, 0.1) is 0 Å². The summed E-state index contributed by atoms with van der Waals surface area (Å²) in [7, 11) is 0. The lowest BCUT2D eigenvalue weighted by atomic mass is 10.0. The summed E-state index contributed by atoms with van der Waals surface area (Å²) in [6, 6.07) is 5.45. The van der Waals surface area contributed by atoms with Gasteiger partial charge in [-0.15, -0.1) is 0 Å². The molecular formula is C19H21N3O4. The van der Waals surface area contributed by atoms with Crippen LogP contribution in [0.25, 0.3) is 0 Å². The molecule has 7 nitrogen and oxygen atoms in total. The van der Waals surface area contributed by atoms with Crippen LogP contribution in [0.3, 0.4) is 0 Å². The highest BCUT2D eigenvalue weighted by Crippen LogP contribution is 2.34. The van der Waals surface area contributed by atoms with Crippen molar-refractivity contribution in [3.63, 3.8) is 0 Å². The number of ether oxygens (including phenoxy) is 3. The van der Waals surface area contributed by atoms with E-state index in [2.05, 4.69) is 9.97 Å². The molecule has 4 rings (SSSR count). The Balaban J connectivity index is 1.52. The molecule has 1 fully saturated rings. The second-order valence-electron chi connectivity index (χ2n) is 6.29. The summed E-state index contributed by atoms with van der Waals surface area (Å²) < 4.78 is 16.9. The molecule has 0 unspecified atom stereocenters. The highest BCUT2D eigenvalue weighted by Gasteiger charge is 2.31. The summed E-state index contributed by atoms with van der Waals surface area (Å²) in [5.74, 6) is 1.13. The standard InChI is InChI=1S/C19H21N3O4/c23-19(16-2-1-3-17-18(16)26-11-10-25-17)22-8-9-24-13-15(22)5-4-14-12-20-6-7-21-14/h1-3,6-7,12,15H,4-5,8-11,13H2/t15-/m1/s1. The van der Waals surface area contributed by atoms with Crippen LogP contribution < -0.4 is 9.47 Å². The SMILES string of the molecule is O=C(c1cccc2c1OCCO2)N1CCOC[C@H]1CCc1cnccn1. The highest BCUT2D eigenvalue weighted by atomic mass is 16.6. The number of carbonyl (C=O) groups excluding carboxylic acids is 1. The first-order valence-electron chi connectivity index (χ1n) is 8.85. The fourth-order valence-corrected chi connectivity index (χ4v) is 3.33. The molecule has 2 aliphatic heterocycles. The molecule has 2 aromatic rings. The Morgan fingerprint density at radius 1 is 1.19 bits per heavy atom. The average molecular weight is 355 g/mol. The number of aryl methyl sites for hydroxylation is 1. The third-order valence-corrected chi connectivity index (χ3v) is 4.64. The van der Waals surface area contributed by atoms with Crippen molar-refractivity contribution in [3.05, 3.63) is 48.0 Å². The van der Waals surface area contributed by atoms with Crippen LogP contribution in [0.4, 0.5) is 0 Å². The van der Waals surface area contributed by atoms with Crippen LogP contribution in [0.5, 0.6) is 11.5 Å². The zero-order chi connectivity index (χ0) is 17.8. The van der Waals surface area contributed by atoms with Crippen LogP contribution >= 0.6 is 0 Å². The highest BCUT2D eigenvalue weighted by molar-refractivity contribution is 5.98. The summed E-state index contributed by atoms with van der Waals surface area (Å²) >= 11 is 0. The smallest absolute Gasteiger partial charge is 0.258 e. The van der Waals surface area contributed by atoms with Crippen LogP contribution in [0.1, 0.15) is 22.5 Å². The van der Waals surface area contributed by atoms with Gasteiger partial charge < -0.3 is 19.1 Å². The van der Waals surface area contributed by atoms with Crippen LogP contribution in [0.2, 0.25) is 0 Å². The summed E-state index contributed by atoms with van der Waals surface area (Å²) in [6.45, 7) is 2.59. The van der Waals surface area contributed by atoms with Gasteiger partial charge in [-0.25, -0.2) is 0 Å². The maximum Gasteiger partial charge on any atom is 0.258 e. The van der Waals surface area contributed by atoms with E-state index in [1.807, 2.05) is 17.0 Å². The third kappa shape index (κ3) is 3.48. The van der Waals surface area contributed by atoms with Crippen molar-refractivity contribution >= 4 is 5.91 Å². The van der Waals surface area contributed by atoms with Gasteiger partial charge in [0, 0.05) is 25.1 Å². The van der Waals surface area contributed by atoms with E-state index < -0.39 is 0 Å². The van der Waals surface area contributed by atoms with Crippen molar-refractivity contribution in [1.29, 1.82) is 0 Å². The molecule has 0 N–H and O–H groups in total. The van der Waals surface area contributed by atoms with Gasteiger partial charge in [-0.2, -0.15) is 0 Å². The van der Waals surface area contributed by atoms with Crippen molar-refractivity contribution in [1.82, 2.24) is 14.9 Å². The van der Waals surface area contributed by atoms with Gasteiger partial charge in [-0.05, 0) is 25.0 Å². The maximum absolute atomic E-state index is 13.2. The maximum atomic E-state index is 13.2. The molecule has 7 heteroatoms. The van der Waals surface area contributed by atoms with Gasteiger partial charge in [-0.1, -0.05) is 6.07 Å². The molecular weight excluding hydrogens is 334 g/mol. The first-order valence-corrected chi connectivity index (χ1v) is 8.85. The lowest BCUT2D eigenvalue weighted by Gasteiger charge is -2.36. The topological polar surface area (TPSA) is 73.8 Å². The van der Waals surface area contributed by atoms with E-state index in [9.17, 15) is 4.79 Å². The predicted molar refractivity (Wildman–Crippen MR) is 93.4 cm³/mol. The second kappa shape index (κ2) is 7.70. The Bertz CT molecular complexity index is 769. The van der Waals surface area contributed by atoms with E-state index >= 15 is 0 Å². The lowest BCUT2D eigenvalue weighted by Crippen LogP contribution is -2.49. The minimum Gasteiger partial charge on any atom is -0.486 e. The Kier molecular flexibility index (Phi) is 4.97. The van der Waals surface area contributed by atoms with E-state index in [4.69, 9.17) is 14.2 Å². The zero-order valence-electron chi connectivity index (χ0n) is 14.5. The monoisotopic (exact) mass is 355 g/mol. The number of fused-ring (bicyclic) bond motifs is 1. The van der Waals surface area contributed by atoms with Crippen molar-refractivity contribution in [2.24, 2.45) is 0 Å². The first-order chi connectivity index (χ1) is 12.8. The molecule has 1 aromatic carbocycles. The minimum atomic E-state index is -0.0419. The molecule has 1 amide bonds. The van der Waals surface area contributed by atoms with Gasteiger partial charge >= 0.3 is 0 Å². The summed E-state index contributed by atoms with van der Waals surface area (Å²) in [5.41, 5.74) is 1.47. The van der Waals surface area contributed by atoms with E-state index in [1.165, 1.54) is 0 Å². The van der Waals surface area contributed by atoms with E-state index in [-0.39, 0.29) is 11.9 Å². The quantitative estimate of drug-likeness (QED) is 0.831. The molecule has 0 bridgehead atoms. The van der Waals surface area contributed by atoms with Crippen LogP contribution in [-0.2, 0) is 11.2 Å². The molecule has 0 spiro atoms. The van der Waals surface area contributed by atoms with E-state index in [1.54, 1.807) is 24.7 Å². The lowest BCUT2D eigenvalue weighted by molar-refractivity contribution is -0.00443. The Morgan fingerprint density at radius 3 is 3.00 bits per heavy atom. The number of nitrogens with zero attached hydrogens (tertiary/aromatic N) is 3. The normalized spacial score (nSPS) is 19.2. The zero-order valence-corrected chi connectivity index (χ0v) is 14.5. The molecule has 0 radical (unpaired) electrons. The van der Waals surface area contributed by atoms with Gasteiger partial charge in [0.15, 0.2) is 11.5 Å². The van der Waals surface area contributed by atoms with Gasteiger partial charge in [-0.3, -0.25) is 14.8 Å². The van der Waals surface area contributed by atoms with Crippen molar-refractivity contribution in [2.75, 3.05) is 33.0 Å². The van der Waals surface area contributed by atoms with Crippen molar-refractivity contribution < 1.29 is 19.0 Å². The van der Waals surface area contributed by atoms with Crippen molar-refractivity contribution in [3.8, 4) is 11.5 Å². The second-order valence-corrected chi connectivity index (χ2v) is 6.29. The van der Waals surface area contributed by atoms with Gasteiger partial charge in [0.2, 0.25) is 0 Å². The Morgan fingerprint density at radius 2 is 2.12 bits per heavy atom. The number of morpholine rings is 1. The van der Waals surface area contributed by atoms with Crippen LogP contribution in [0.15, 0.2) is 36.8 Å². The molecule has 0 saturated carbocycles. The molecule has 2 aliphatic rings. The minimum absolute atomic E-state index is 0.00128. The molecule has 1 aromatic heterocycles. The predicted octanol–water partition coefficient (Wildman–Crippen LogP) is 1.72. The third-order valence-electron chi connectivity index (χ3n) is 4.64. The fourth-order valence-electron chi connectivity index (χ4n) is 3.33. The number of aromatic nitrogens is 2. The van der Waals surface area contributed by atoms with E-state index in [0.717, 1.165) is 18.5 Å². The van der Waals surface area contributed by atoms with E-state index in [0.29, 0.717) is 50.0 Å². The number of hydrogen-bond donors (Lipinski definition) is 0. The molecule has 1 saturated heterocycles. The number of para-hydroxylation sites is 1. The molecule has 0 aliphatic carbocycles. The molecule has 1 atom stereocenters. The molecule has 3 heterocycles. The number of carbonyl (C=O) groups is 1. The molecule has 136 valence electrons. The van der Waals surface area contributed by atoms with Gasteiger partial charge in [0.1, 0.15) is 13.2 Å². The van der Waals surface area contributed by atoms with Crippen LogP contribution in [-0.4, -0.2) is 59.8 Å². The van der Waals surface area contributed by atoms with Gasteiger partial charge in [0.25, 0.3) is 5.91 Å². The Labute approximate surface area is 151 Å². The Hall–Kier alpha value is -2.67. The van der Waals surface area contributed by atoms with Gasteiger partial charge in [0.05, 0.1) is 30.5 Å². The number of hydrogen-bond acceptors (Lipinski definition) is 6. The summed E-state index contributed by atoms with van der Waals surface area (Å²) in [6.07, 6.45) is 6.62. The largest absolute Gasteiger partial charge is 0.486 e. The number of amides is 1. The molecule has 26 heavy (non-hydrogen) atoms. The number of benzene rings is 1. The first kappa shape index (κ1) is 16.8. The summed E-state index contributed by atoms with van der Waals surface area (Å²) in [5, 5.41) is 0. The number of rotatable bonds is 4. The summed E-state index contributed by atoms with van der Waals surface area (Å²) in [4.78, 5) is 23.5. The average Bonchev–Trinajstić information content (AvgIpc) is 2.72. The fraction of sp³-hybridized carbons (Fsp3) is 0.421. The van der Waals surface area contributed by atoms with Crippen molar-refractivity contribution in [2.45, 2.75) is 18.9 Å².